The molecule has 0 spiro atoms. The number of carbonyl (C=O) groups is 1. The Morgan fingerprint density at radius 3 is 2.45 bits per heavy atom. The van der Waals surface area contributed by atoms with E-state index in [1.807, 2.05) is 66.7 Å². The number of hydrogen-bond donors (Lipinski definition) is 2. The number of nitrogens with two attached hydrogens (primary N) is 2. The Morgan fingerprint density at radius 2 is 1.66 bits per heavy atom. The van der Waals surface area contributed by atoms with Gasteiger partial charge in [-0.05, 0) is 23.8 Å². The maximum Gasteiger partial charge on any atom is 0.171 e. The molecule has 1 heterocycles. The fourth-order valence-corrected chi connectivity index (χ4v) is 3.93. The third-order valence-electron chi connectivity index (χ3n) is 5.31. The first-order chi connectivity index (χ1) is 14.1. The molecule has 1 unspecified atom stereocenters. The SMILES string of the molecule is NC1=C2C(=O)Cc3ccccc3C2=NC1c1ccc(Oc2ccccc2)cc1N. The fraction of sp³-hybridized carbons (Fsp3) is 0.0833. The van der Waals surface area contributed by atoms with Gasteiger partial charge in [-0.1, -0.05) is 48.5 Å². The van der Waals surface area contributed by atoms with Crippen molar-refractivity contribution in [2.45, 2.75) is 12.5 Å². The molecular weight excluding hydrogens is 362 g/mol. The lowest BCUT2D eigenvalue weighted by atomic mass is 9.85. The van der Waals surface area contributed by atoms with Crippen LogP contribution in [0.5, 0.6) is 11.5 Å². The molecule has 0 radical (unpaired) electrons. The quantitative estimate of drug-likeness (QED) is 0.672. The summed E-state index contributed by atoms with van der Waals surface area (Å²) in [6.45, 7) is 0. The van der Waals surface area contributed by atoms with E-state index in [1.54, 1.807) is 6.07 Å². The van der Waals surface area contributed by atoms with Crippen LogP contribution in [0.2, 0.25) is 0 Å². The van der Waals surface area contributed by atoms with E-state index in [2.05, 4.69) is 0 Å². The van der Waals surface area contributed by atoms with Crippen molar-refractivity contribution in [3.63, 3.8) is 0 Å². The summed E-state index contributed by atoms with van der Waals surface area (Å²) in [6, 6.07) is 22.3. The number of aliphatic imine (C=N–C) groups is 1. The van der Waals surface area contributed by atoms with Crippen LogP contribution >= 0.6 is 0 Å². The molecule has 1 aliphatic heterocycles. The Kier molecular flexibility index (Phi) is 3.95. The number of benzene rings is 3. The minimum Gasteiger partial charge on any atom is -0.457 e. The molecule has 0 aromatic heterocycles. The van der Waals surface area contributed by atoms with Gasteiger partial charge in [0.05, 0.1) is 17.0 Å². The second-order valence-corrected chi connectivity index (χ2v) is 7.17. The van der Waals surface area contributed by atoms with Crippen LogP contribution in [0, 0.1) is 0 Å². The Bertz CT molecular complexity index is 1200. The number of allylic oxidation sites excluding steroid dienone is 1. The number of Topliss-reactive ketones (excluding diaryl/α,β-unsaturated/α-hetero) is 1. The van der Waals surface area contributed by atoms with E-state index in [4.69, 9.17) is 21.2 Å². The van der Waals surface area contributed by atoms with Crippen LogP contribution in [0.15, 0.2) is 89.1 Å². The fourth-order valence-electron chi connectivity index (χ4n) is 3.93. The first-order valence-corrected chi connectivity index (χ1v) is 9.43. The van der Waals surface area contributed by atoms with Crippen LogP contribution in [0.3, 0.4) is 0 Å². The van der Waals surface area contributed by atoms with Gasteiger partial charge in [0.25, 0.3) is 0 Å². The van der Waals surface area contributed by atoms with Crippen molar-refractivity contribution in [1.29, 1.82) is 0 Å². The lowest BCUT2D eigenvalue weighted by molar-refractivity contribution is -0.114. The molecule has 3 aromatic rings. The molecule has 0 fully saturated rings. The normalized spacial score (nSPS) is 17.6. The number of ether oxygens (including phenoxy) is 1. The van der Waals surface area contributed by atoms with Gasteiger partial charge in [-0.3, -0.25) is 9.79 Å². The van der Waals surface area contributed by atoms with Gasteiger partial charge in [0.15, 0.2) is 5.78 Å². The number of carbonyl (C=O) groups excluding carboxylic acids is 1. The summed E-state index contributed by atoms with van der Waals surface area (Å²) in [5.41, 5.74) is 17.6. The Balaban J connectivity index is 1.52. The van der Waals surface area contributed by atoms with Gasteiger partial charge in [-0.2, -0.15) is 0 Å². The molecule has 4 N–H and O–H groups in total. The molecule has 0 saturated carbocycles. The van der Waals surface area contributed by atoms with E-state index in [0.29, 0.717) is 34.8 Å². The summed E-state index contributed by atoms with van der Waals surface area (Å²) in [6.07, 6.45) is 0.345. The number of nitrogen functional groups attached to an aromatic ring is 1. The van der Waals surface area contributed by atoms with Crippen LogP contribution in [-0.4, -0.2) is 11.5 Å². The summed E-state index contributed by atoms with van der Waals surface area (Å²) in [5, 5.41) is 0. The molecule has 1 aliphatic carbocycles. The van der Waals surface area contributed by atoms with E-state index in [-0.39, 0.29) is 5.78 Å². The highest BCUT2D eigenvalue weighted by atomic mass is 16.5. The zero-order chi connectivity index (χ0) is 20.0. The van der Waals surface area contributed by atoms with Gasteiger partial charge in [-0.15, -0.1) is 0 Å². The van der Waals surface area contributed by atoms with Gasteiger partial charge in [0.2, 0.25) is 0 Å². The van der Waals surface area contributed by atoms with Gasteiger partial charge in [-0.25, -0.2) is 0 Å². The van der Waals surface area contributed by atoms with Gasteiger partial charge >= 0.3 is 0 Å². The lowest BCUT2D eigenvalue weighted by Crippen LogP contribution is -2.24. The zero-order valence-corrected chi connectivity index (χ0v) is 15.6. The average molecular weight is 381 g/mol. The molecule has 2 aliphatic rings. The van der Waals surface area contributed by atoms with Crippen LogP contribution in [0.1, 0.15) is 22.7 Å². The van der Waals surface area contributed by atoms with Crippen LogP contribution in [-0.2, 0) is 11.2 Å². The molecule has 142 valence electrons. The van der Waals surface area contributed by atoms with E-state index in [9.17, 15) is 4.79 Å². The van der Waals surface area contributed by atoms with Crippen LogP contribution in [0.25, 0.3) is 0 Å². The summed E-state index contributed by atoms with van der Waals surface area (Å²) in [4.78, 5) is 17.5. The van der Waals surface area contributed by atoms with Crippen molar-refractivity contribution in [2.24, 2.45) is 10.7 Å². The number of rotatable bonds is 3. The summed E-state index contributed by atoms with van der Waals surface area (Å²) in [7, 11) is 0. The van der Waals surface area contributed by atoms with E-state index < -0.39 is 6.04 Å². The minimum absolute atomic E-state index is 0.00468. The third-order valence-corrected chi connectivity index (χ3v) is 5.31. The van der Waals surface area contributed by atoms with Crippen LogP contribution in [0.4, 0.5) is 5.69 Å². The van der Waals surface area contributed by atoms with E-state index in [1.165, 1.54) is 0 Å². The lowest BCUT2D eigenvalue weighted by Gasteiger charge is -2.17. The van der Waals surface area contributed by atoms with Gasteiger partial charge in [0, 0.05) is 29.3 Å². The Morgan fingerprint density at radius 1 is 0.897 bits per heavy atom. The first kappa shape index (κ1) is 17.3. The Hall–Kier alpha value is -3.86. The van der Waals surface area contributed by atoms with E-state index in [0.717, 1.165) is 22.4 Å². The number of ketones is 1. The van der Waals surface area contributed by atoms with Crippen molar-refractivity contribution in [1.82, 2.24) is 0 Å². The second-order valence-electron chi connectivity index (χ2n) is 7.17. The molecule has 1 atom stereocenters. The number of para-hydroxylation sites is 1. The third kappa shape index (κ3) is 2.88. The molecule has 29 heavy (non-hydrogen) atoms. The summed E-state index contributed by atoms with van der Waals surface area (Å²) < 4.78 is 5.85. The van der Waals surface area contributed by atoms with Crippen molar-refractivity contribution in [3.05, 3.63) is 101 Å². The highest BCUT2D eigenvalue weighted by Crippen LogP contribution is 2.40. The monoisotopic (exact) mass is 381 g/mol. The van der Waals surface area contributed by atoms with Gasteiger partial charge < -0.3 is 16.2 Å². The zero-order valence-electron chi connectivity index (χ0n) is 15.6. The van der Waals surface area contributed by atoms with Crippen molar-refractivity contribution < 1.29 is 9.53 Å². The van der Waals surface area contributed by atoms with Crippen molar-refractivity contribution >= 4 is 17.2 Å². The van der Waals surface area contributed by atoms with E-state index >= 15 is 0 Å². The topological polar surface area (TPSA) is 90.7 Å². The predicted molar refractivity (Wildman–Crippen MR) is 113 cm³/mol. The van der Waals surface area contributed by atoms with Crippen molar-refractivity contribution in [3.8, 4) is 11.5 Å². The highest BCUT2D eigenvalue weighted by Gasteiger charge is 2.37. The molecule has 5 nitrogen and oxygen atoms in total. The number of anilines is 1. The molecule has 5 rings (SSSR count). The molecule has 3 aromatic carbocycles. The molecular formula is C24H19N3O2. The van der Waals surface area contributed by atoms with Gasteiger partial charge in [0.1, 0.15) is 17.5 Å². The first-order valence-electron chi connectivity index (χ1n) is 9.43. The number of nitrogens with zero attached hydrogens (tertiary/aromatic N) is 1. The largest absolute Gasteiger partial charge is 0.457 e. The number of fused-ring (bicyclic) bond motifs is 3. The average Bonchev–Trinajstić information content (AvgIpc) is 3.07. The maximum absolute atomic E-state index is 12.7. The summed E-state index contributed by atoms with van der Waals surface area (Å²) >= 11 is 0. The minimum atomic E-state index is -0.471. The predicted octanol–water partition coefficient (Wildman–Crippen LogP) is 3.94. The number of hydrogen-bond acceptors (Lipinski definition) is 5. The molecule has 5 heteroatoms. The summed E-state index contributed by atoms with van der Waals surface area (Å²) in [5.74, 6) is 1.37. The standard InChI is InChI=1S/C24H19N3O2/c25-19-13-16(29-15-7-2-1-3-8-15)10-11-18(19)24-22(26)21-20(28)12-14-6-4-5-9-17(14)23(21)27-24/h1-11,13,24H,12,25-26H2. The maximum atomic E-state index is 12.7. The highest BCUT2D eigenvalue weighted by molar-refractivity contribution is 6.33. The Labute approximate surface area is 168 Å². The molecule has 0 saturated heterocycles. The smallest absolute Gasteiger partial charge is 0.171 e. The second kappa shape index (κ2) is 6.63. The molecule has 0 bridgehead atoms. The van der Waals surface area contributed by atoms with Crippen molar-refractivity contribution in [2.75, 3.05) is 5.73 Å². The molecule has 0 amide bonds. The van der Waals surface area contributed by atoms with Crippen LogP contribution < -0.4 is 16.2 Å².